The summed E-state index contributed by atoms with van der Waals surface area (Å²) in [6.07, 6.45) is -1.88. The predicted octanol–water partition coefficient (Wildman–Crippen LogP) is 2.55. The van der Waals surface area contributed by atoms with Crippen molar-refractivity contribution >= 4 is 5.91 Å². The summed E-state index contributed by atoms with van der Waals surface area (Å²) < 4.78 is 37.7. The molecule has 1 saturated carbocycles. The summed E-state index contributed by atoms with van der Waals surface area (Å²) in [6.45, 7) is 3.90. The Labute approximate surface area is 112 Å². The van der Waals surface area contributed by atoms with Crippen molar-refractivity contribution in [1.29, 1.82) is 0 Å². The average Bonchev–Trinajstić information content (AvgIpc) is 2.23. The van der Waals surface area contributed by atoms with E-state index in [1.54, 1.807) is 13.8 Å². The van der Waals surface area contributed by atoms with Crippen molar-refractivity contribution in [3.05, 3.63) is 0 Å². The van der Waals surface area contributed by atoms with E-state index in [-0.39, 0.29) is 12.0 Å². The summed E-state index contributed by atoms with van der Waals surface area (Å²) in [4.78, 5) is 13.3. The summed E-state index contributed by atoms with van der Waals surface area (Å²) in [7, 11) is 0. The zero-order valence-electron chi connectivity index (χ0n) is 11.7. The quantitative estimate of drug-likeness (QED) is 0.863. The molecular formula is C13H23F3N2O. The van der Waals surface area contributed by atoms with Gasteiger partial charge in [-0.2, -0.15) is 13.2 Å². The van der Waals surface area contributed by atoms with Gasteiger partial charge in [-0.15, -0.1) is 0 Å². The molecule has 1 aliphatic carbocycles. The topological polar surface area (TPSA) is 46.3 Å². The van der Waals surface area contributed by atoms with Gasteiger partial charge in [0, 0.05) is 12.1 Å². The zero-order valence-corrected chi connectivity index (χ0v) is 11.7. The Morgan fingerprint density at radius 1 is 1.37 bits per heavy atom. The lowest BCUT2D eigenvalue weighted by Gasteiger charge is -2.38. The van der Waals surface area contributed by atoms with E-state index in [4.69, 9.17) is 5.73 Å². The fraction of sp³-hybridized carbons (Fsp3) is 0.923. The van der Waals surface area contributed by atoms with E-state index >= 15 is 0 Å². The molecule has 0 aromatic heterocycles. The van der Waals surface area contributed by atoms with Gasteiger partial charge in [0.2, 0.25) is 5.91 Å². The minimum Gasteiger partial charge on any atom is -0.331 e. The molecule has 1 fully saturated rings. The maximum atomic E-state index is 12.6. The molecule has 3 unspecified atom stereocenters. The number of carbonyl (C=O) groups is 1. The highest BCUT2D eigenvalue weighted by Crippen LogP contribution is 2.31. The molecule has 1 rings (SSSR count). The van der Waals surface area contributed by atoms with Crippen LogP contribution < -0.4 is 5.73 Å². The molecule has 0 saturated heterocycles. The van der Waals surface area contributed by atoms with Crippen LogP contribution in [0.15, 0.2) is 0 Å². The Hall–Kier alpha value is -0.780. The largest absolute Gasteiger partial charge is 0.406 e. The van der Waals surface area contributed by atoms with Gasteiger partial charge in [0.05, 0.1) is 5.92 Å². The van der Waals surface area contributed by atoms with Crippen LogP contribution in [0.3, 0.4) is 0 Å². The molecule has 1 aliphatic rings. The fourth-order valence-corrected chi connectivity index (χ4v) is 2.78. The average molecular weight is 280 g/mol. The van der Waals surface area contributed by atoms with Crippen LogP contribution in [0, 0.1) is 11.8 Å². The minimum absolute atomic E-state index is 0.0470. The molecule has 112 valence electrons. The first kappa shape index (κ1) is 16.3. The number of nitrogens with zero attached hydrogens (tertiary/aromatic N) is 1. The van der Waals surface area contributed by atoms with Crippen LogP contribution >= 0.6 is 0 Å². The predicted molar refractivity (Wildman–Crippen MR) is 67.4 cm³/mol. The molecule has 0 heterocycles. The number of hydrogen-bond acceptors (Lipinski definition) is 2. The maximum absolute atomic E-state index is 12.6. The van der Waals surface area contributed by atoms with Gasteiger partial charge in [-0.05, 0) is 32.6 Å². The van der Waals surface area contributed by atoms with E-state index in [9.17, 15) is 18.0 Å². The molecule has 0 spiro atoms. The standard InChI is InChI=1S/C13H23F3N2O/c1-8(2)18(7-13(14,15)16)12(19)11-9(3)5-4-6-10(11)17/h8-11H,4-7,17H2,1-3H3. The highest BCUT2D eigenvalue weighted by atomic mass is 19.4. The molecule has 19 heavy (non-hydrogen) atoms. The van der Waals surface area contributed by atoms with E-state index in [0.29, 0.717) is 6.42 Å². The second-order valence-corrected chi connectivity index (χ2v) is 5.77. The van der Waals surface area contributed by atoms with Crippen LogP contribution in [-0.4, -0.2) is 35.6 Å². The van der Waals surface area contributed by atoms with E-state index < -0.39 is 30.6 Å². The first-order chi connectivity index (χ1) is 8.63. The Balaban J connectivity index is 2.86. The van der Waals surface area contributed by atoms with Crippen LogP contribution in [0.5, 0.6) is 0 Å². The van der Waals surface area contributed by atoms with Gasteiger partial charge < -0.3 is 10.6 Å². The molecule has 0 aromatic rings. The molecular weight excluding hydrogens is 257 g/mol. The molecule has 0 aromatic carbocycles. The number of alkyl halides is 3. The van der Waals surface area contributed by atoms with Crippen molar-refractivity contribution in [2.75, 3.05) is 6.54 Å². The van der Waals surface area contributed by atoms with Gasteiger partial charge in [-0.1, -0.05) is 13.3 Å². The minimum atomic E-state index is -4.37. The van der Waals surface area contributed by atoms with Crippen LogP contribution in [0.1, 0.15) is 40.0 Å². The van der Waals surface area contributed by atoms with Gasteiger partial charge in [0.25, 0.3) is 0 Å². The van der Waals surface area contributed by atoms with Crippen molar-refractivity contribution in [2.45, 2.75) is 58.3 Å². The van der Waals surface area contributed by atoms with E-state index in [2.05, 4.69) is 0 Å². The monoisotopic (exact) mass is 280 g/mol. The Morgan fingerprint density at radius 2 is 1.95 bits per heavy atom. The number of carbonyl (C=O) groups excluding carboxylic acids is 1. The first-order valence-electron chi connectivity index (χ1n) is 6.76. The smallest absolute Gasteiger partial charge is 0.331 e. The van der Waals surface area contributed by atoms with Gasteiger partial charge in [0.15, 0.2) is 0 Å². The summed E-state index contributed by atoms with van der Waals surface area (Å²) >= 11 is 0. The first-order valence-corrected chi connectivity index (χ1v) is 6.76. The van der Waals surface area contributed by atoms with Gasteiger partial charge >= 0.3 is 6.18 Å². The summed E-state index contributed by atoms with van der Waals surface area (Å²) in [5.41, 5.74) is 5.94. The Kier molecular flexibility index (Phi) is 5.24. The molecule has 2 N–H and O–H groups in total. The van der Waals surface area contributed by atoms with Crippen molar-refractivity contribution in [3.63, 3.8) is 0 Å². The summed E-state index contributed by atoms with van der Waals surface area (Å²) in [5.74, 6) is -0.892. The normalized spacial score (nSPS) is 28.5. The second kappa shape index (κ2) is 6.11. The van der Waals surface area contributed by atoms with Crippen molar-refractivity contribution in [2.24, 2.45) is 17.6 Å². The fourth-order valence-electron chi connectivity index (χ4n) is 2.78. The van der Waals surface area contributed by atoms with Crippen LogP contribution in [0.2, 0.25) is 0 Å². The highest BCUT2D eigenvalue weighted by Gasteiger charge is 2.41. The van der Waals surface area contributed by atoms with Crippen LogP contribution in [-0.2, 0) is 4.79 Å². The molecule has 6 heteroatoms. The molecule has 3 nitrogen and oxygen atoms in total. The lowest BCUT2D eigenvalue weighted by molar-refractivity contribution is -0.169. The Morgan fingerprint density at radius 3 is 2.37 bits per heavy atom. The number of nitrogens with two attached hydrogens (primary N) is 1. The zero-order chi connectivity index (χ0) is 14.8. The molecule has 0 bridgehead atoms. The summed E-state index contributed by atoms with van der Waals surface area (Å²) in [5, 5.41) is 0. The third-order valence-corrected chi connectivity index (χ3v) is 3.81. The SMILES string of the molecule is CC1CCCC(N)C1C(=O)N(CC(F)(F)F)C(C)C. The second-order valence-electron chi connectivity index (χ2n) is 5.77. The van der Waals surface area contributed by atoms with E-state index in [0.717, 1.165) is 17.7 Å². The van der Waals surface area contributed by atoms with Crippen LogP contribution in [0.4, 0.5) is 13.2 Å². The third-order valence-electron chi connectivity index (χ3n) is 3.81. The number of amides is 1. The van der Waals surface area contributed by atoms with E-state index in [1.165, 1.54) is 0 Å². The van der Waals surface area contributed by atoms with Gasteiger partial charge in [-0.3, -0.25) is 4.79 Å². The molecule has 0 radical (unpaired) electrons. The highest BCUT2D eigenvalue weighted by molar-refractivity contribution is 5.80. The van der Waals surface area contributed by atoms with Crippen molar-refractivity contribution in [1.82, 2.24) is 4.90 Å². The number of rotatable bonds is 3. The molecule has 0 aliphatic heterocycles. The van der Waals surface area contributed by atoms with E-state index in [1.807, 2.05) is 6.92 Å². The van der Waals surface area contributed by atoms with Crippen LogP contribution in [0.25, 0.3) is 0 Å². The molecule has 3 atom stereocenters. The third kappa shape index (κ3) is 4.37. The van der Waals surface area contributed by atoms with Crippen molar-refractivity contribution in [3.8, 4) is 0 Å². The number of hydrogen-bond donors (Lipinski definition) is 1. The van der Waals surface area contributed by atoms with Gasteiger partial charge in [-0.25, -0.2) is 0 Å². The molecule has 1 amide bonds. The van der Waals surface area contributed by atoms with Gasteiger partial charge in [0.1, 0.15) is 6.54 Å². The summed E-state index contributed by atoms with van der Waals surface area (Å²) in [6, 6.07) is -0.804. The van der Waals surface area contributed by atoms with Crippen molar-refractivity contribution < 1.29 is 18.0 Å². The maximum Gasteiger partial charge on any atom is 0.406 e. The lowest BCUT2D eigenvalue weighted by Crippen LogP contribution is -2.53. The lowest BCUT2D eigenvalue weighted by atomic mass is 9.76. The Bertz CT molecular complexity index is 308. The number of halogens is 3.